The van der Waals surface area contributed by atoms with Gasteiger partial charge >= 0.3 is 11.7 Å². The van der Waals surface area contributed by atoms with Crippen LogP contribution in [0.1, 0.15) is 0 Å². The minimum atomic E-state index is -1.16. The molecule has 3 aromatic rings. The number of hydrogen-bond donors (Lipinski definition) is 1. The summed E-state index contributed by atoms with van der Waals surface area (Å²) in [6.45, 7) is -0.520. The number of fused-ring (bicyclic) bond motifs is 1. The number of aromatic nitrogens is 2. The number of carboxylic acids is 1. The highest BCUT2D eigenvalue weighted by Crippen LogP contribution is 2.14. The van der Waals surface area contributed by atoms with Crippen LogP contribution in [0.2, 0.25) is 0 Å². The fourth-order valence-corrected chi connectivity index (χ4v) is 2.84. The van der Waals surface area contributed by atoms with Crippen LogP contribution in [0.5, 0.6) is 0 Å². The van der Waals surface area contributed by atoms with Gasteiger partial charge in [0.15, 0.2) is 0 Å². The van der Waals surface area contributed by atoms with Crippen molar-refractivity contribution in [1.82, 2.24) is 9.13 Å². The van der Waals surface area contributed by atoms with Crippen molar-refractivity contribution in [3.8, 4) is 5.69 Å². The first kappa shape index (κ1) is 15.2. The van der Waals surface area contributed by atoms with E-state index in [0.717, 1.165) is 9.13 Å². The normalized spacial score (nSPS) is 10.8. The third-order valence-corrected chi connectivity index (χ3v) is 3.90. The predicted molar refractivity (Wildman–Crippen MR) is 89.1 cm³/mol. The fraction of sp³-hybridized carbons (Fsp3) is 0.0625. The van der Waals surface area contributed by atoms with E-state index in [2.05, 4.69) is 15.9 Å². The Morgan fingerprint density at radius 3 is 2.52 bits per heavy atom. The number of benzene rings is 2. The van der Waals surface area contributed by atoms with E-state index in [-0.39, 0.29) is 5.39 Å². The Labute approximate surface area is 138 Å². The second-order valence-corrected chi connectivity index (χ2v) is 5.82. The molecule has 0 aliphatic rings. The maximum Gasteiger partial charge on any atom is 0.336 e. The minimum absolute atomic E-state index is 0.285. The molecule has 0 aliphatic carbocycles. The van der Waals surface area contributed by atoms with Crippen molar-refractivity contribution >= 4 is 32.8 Å². The predicted octanol–water partition coefficient (Wildman–Crippen LogP) is 2.00. The van der Waals surface area contributed by atoms with Crippen LogP contribution < -0.4 is 11.2 Å². The molecule has 0 saturated carbocycles. The summed E-state index contributed by atoms with van der Waals surface area (Å²) >= 11 is 3.30. The van der Waals surface area contributed by atoms with Gasteiger partial charge in [0.1, 0.15) is 6.54 Å². The van der Waals surface area contributed by atoms with Gasteiger partial charge in [0.2, 0.25) is 0 Å². The van der Waals surface area contributed by atoms with Gasteiger partial charge in [-0.05, 0) is 30.3 Å². The molecule has 3 rings (SSSR count). The minimum Gasteiger partial charge on any atom is -0.480 e. The van der Waals surface area contributed by atoms with Gasteiger partial charge in [-0.25, -0.2) is 9.36 Å². The van der Waals surface area contributed by atoms with Gasteiger partial charge in [0.25, 0.3) is 5.56 Å². The zero-order chi connectivity index (χ0) is 16.6. The van der Waals surface area contributed by atoms with Crippen LogP contribution in [0.15, 0.2) is 62.6 Å². The van der Waals surface area contributed by atoms with Crippen molar-refractivity contribution in [3.63, 3.8) is 0 Å². The summed E-state index contributed by atoms with van der Waals surface area (Å²) < 4.78 is 2.77. The lowest BCUT2D eigenvalue weighted by atomic mass is 10.2. The number of aliphatic carboxylic acids is 1. The summed E-state index contributed by atoms with van der Waals surface area (Å²) in [6.07, 6.45) is 0. The molecule has 6 nitrogen and oxygen atoms in total. The van der Waals surface area contributed by atoms with Crippen LogP contribution in [-0.4, -0.2) is 20.2 Å². The van der Waals surface area contributed by atoms with Crippen LogP contribution >= 0.6 is 15.9 Å². The van der Waals surface area contributed by atoms with Crippen LogP contribution in [-0.2, 0) is 11.3 Å². The Kier molecular flexibility index (Phi) is 3.87. The number of para-hydroxylation sites is 1. The molecule has 0 saturated heterocycles. The van der Waals surface area contributed by atoms with E-state index in [1.54, 1.807) is 48.5 Å². The SMILES string of the molecule is O=C(O)Cn1c(=O)n(-c2cccc(Br)c2)c(=O)c2ccccc21. The van der Waals surface area contributed by atoms with E-state index in [1.165, 1.54) is 0 Å². The standard InChI is InChI=1S/C16H11BrN2O4/c17-10-4-3-5-11(8-10)19-15(22)12-6-1-2-7-13(12)18(16(19)23)9-14(20)21/h1-8H,9H2,(H,20,21). The van der Waals surface area contributed by atoms with Crippen LogP contribution in [0.3, 0.4) is 0 Å². The molecule has 0 fully saturated rings. The highest BCUT2D eigenvalue weighted by atomic mass is 79.9. The molecule has 0 spiro atoms. The van der Waals surface area contributed by atoms with Gasteiger partial charge < -0.3 is 5.11 Å². The van der Waals surface area contributed by atoms with Gasteiger partial charge in [-0.15, -0.1) is 0 Å². The van der Waals surface area contributed by atoms with E-state index < -0.39 is 23.8 Å². The molecule has 2 aromatic carbocycles. The fourth-order valence-electron chi connectivity index (χ4n) is 2.45. The maximum atomic E-state index is 12.7. The Morgan fingerprint density at radius 1 is 1.09 bits per heavy atom. The van der Waals surface area contributed by atoms with Crippen molar-refractivity contribution < 1.29 is 9.90 Å². The van der Waals surface area contributed by atoms with Gasteiger partial charge in [-0.2, -0.15) is 0 Å². The second kappa shape index (κ2) is 5.85. The van der Waals surface area contributed by atoms with Crippen LogP contribution in [0, 0.1) is 0 Å². The number of carboxylic acid groups (broad SMARTS) is 1. The maximum absolute atomic E-state index is 12.7. The molecule has 1 heterocycles. The number of carbonyl (C=O) groups is 1. The first-order valence-electron chi connectivity index (χ1n) is 6.71. The molecular formula is C16H11BrN2O4. The highest BCUT2D eigenvalue weighted by molar-refractivity contribution is 9.10. The summed E-state index contributed by atoms with van der Waals surface area (Å²) in [7, 11) is 0. The molecule has 0 bridgehead atoms. The van der Waals surface area contributed by atoms with Crippen LogP contribution in [0.25, 0.3) is 16.6 Å². The number of hydrogen-bond acceptors (Lipinski definition) is 3. The Morgan fingerprint density at radius 2 is 1.83 bits per heavy atom. The summed E-state index contributed by atoms with van der Waals surface area (Å²) in [5.41, 5.74) is -0.491. The molecule has 1 N–H and O–H groups in total. The molecular weight excluding hydrogens is 364 g/mol. The first-order valence-corrected chi connectivity index (χ1v) is 7.50. The van der Waals surface area contributed by atoms with Gasteiger partial charge in [-0.1, -0.05) is 34.1 Å². The number of nitrogens with zero attached hydrogens (tertiary/aromatic N) is 2. The van der Waals surface area contributed by atoms with Crippen molar-refractivity contribution in [1.29, 1.82) is 0 Å². The largest absolute Gasteiger partial charge is 0.480 e. The summed E-state index contributed by atoms with van der Waals surface area (Å²) in [5.74, 6) is -1.16. The number of rotatable bonds is 3. The van der Waals surface area contributed by atoms with E-state index in [9.17, 15) is 14.4 Å². The molecule has 0 aliphatic heterocycles. The Balaban J connectivity index is 2.46. The molecule has 1 aromatic heterocycles. The zero-order valence-electron chi connectivity index (χ0n) is 11.8. The van der Waals surface area contributed by atoms with Crippen molar-refractivity contribution in [2.24, 2.45) is 0 Å². The first-order chi connectivity index (χ1) is 11.0. The smallest absolute Gasteiger partial charge is 0.336 e. The third-order valence-electron chi connectivity index (χ3n) is 3.41. The molecule has 7 heteroatoms. The molecule has 0 unspecified atom stereocenters. The average Bonchev–Trinajstić information content (AvgIpc) is 2.51. The average molecular weight is 375 g/mol. The number of halogens is 1. The van der Waals surface area contributed by atoms with Crippen molar-refractivity contribution in [2.45, 2.75) is 6.54 Å². The summed E-state index contributed by atoms with van der Waals surface area (Å²) in [5, 5.41) is 9.36. The topological polar surface area (TPSA) is 81.3 Å². The summed E-state index contributed by atoms with van der Waals surface area (Å²) in [4.78, 5) is 36.5. The van der Waals surface area contributed by atoms with Crippen molar-refractivity contribution in [3.05, 3.63) is 73.8 Å². The summed E-state index contributed by atoms with van der Waals surface area (Å²) in [6, 6.07) is 13.2. The Bertz CT molecular complexity index is 1040. The zero-order valence-corrected chi connectivity index (χ0v) is 13.4. The van der Waals surface area contributed by atoms with E-state index in [1.807, 2.05) is 0 Å². The molecule has 0 radical (unpaired) electrons. The molecule has 23 heavy (non-hydrogen) atoms. The lowest BCUT2D eigenvalue weighted by Crippen LogP contribution is -2.40. The van der Waals surface area contributed by atoms with Gasteiger partial charge in [0.05, 0.1) is 16.6 Å². The monoisotopic (exact) mass is 374 g/mol. The van der Waals surface area contributed by atoms with Crippen molar-refractivity contribution in [2.75, 3.05) is 0 Å². The molecule has 0 atom stereocenters. The highest BCUT2D eigenvalue weighted by Gasteiger charge is 2.15. The molecule has 0 amide bonds. The van der Waals surface area contributed by atoms with Crippen LogP contribution in [0.4, 0.5) is 0 Å². The lowest BCUT2D eigenvalue weighted by molar-refractivity contribution is -0.137. The van der Waals surface area contributed by atoms with Gasteiger partial charge in [-0.3, -0.25) is 14.2 Å². The lowest BCUT2D eigenvalue weighted by Gasteiger charge is -2.12. The van der Waals surface area contributed by atoms with Gasteiger partial charge in [0, 0.05) is 4.47 Å². The van der Waals surface area contributed by atoms with E-state index in [0.29, 0.717) is 15.7 Å². The third kappa shape index (κ3) is 2.70. The van der Waals surface area contributed by atoms with E-state index in [4.69, 9.17) is 5.11 Å². The molecule has 116 valence electrons. The quantitative estimate of drug-likeness (QED) is 0.759. The second-order valence-electron chi connectivity index (χ2n) is 4.90. The Hall–Kier alpha value is -2.67. The van der Waals surface area contributed by atoms with E-state index >= 15 is 0 Å².